The van der Waals surface area contributed by atoms with Gasteiger partial charge in [0.15, 0.2) is 5.75 Å². The van der Waals surface area contributed by atoms with Gasteiger partial charge in [0.2, 0.25) is 0 Å². The average molecular weight is 496 g/mol. The van der Waals surface area contributed by atoms with Gasteiger partial charge < -0.3 is 14.8 Å². The maximum atomic E-state index is 13.3. The van der Waals surface area contributed by atoms with Crippen LogP contribution in [-0.2, 0) is 0 Å². The van der Waals surface area contributed by atoms with E-state index in [2.05, 4.69) is 15.3 Å². The minimum atomic E-state index is -0.550. The van der Waals surface area contributed by atoms with Gasteiger partial charge in [-0.1, -0.05) is 0 Å². The van der Waals surface area contributed by atoms with Crippen molar-refractivity contribution in [2.45, 2.75) is 6.92 Å². The number of hydrogen-bond donors (Lipinski definition) is 1. The first-order chi connectivity index (χ1) is 17.9. The summed E-state index contributed by atoms with van der Waals surface area (Å²) < 4.78 is 25.8. The predicted molar refractivity (Wildman–Crippen MR) is 137 cm³/mol. The summed E-state index contributed by atoms with van der Waals surface area (Å²) in [6.45, 7) is 1.69. The van der Waals surface area contributed by atoms with Crippen LogP contribution in [0.15, 0.2) is 90.1 Å². The number of nitrogens with one attached hydrogen (secondary N) is 1. The Kier molecular flexibility index (Phi) is 6.34. The van der Waals surface area contributed by atoms with E-state index in [9.17, 15) is 14.0 Å². The molecule has 0 aliphatic rings. The van der Waals surface area contributed by atoms with Gasteiger partial charge in [0, 0.05) is 35.9 Å². The fourth-order valence-electron chi connectivity index (χ4n) is 3.82. The van der Waals surface area contributed by atoms with Gasteiger partial charge in [0.1, 0.15) is 28.4 Å². The number of carbonyl (C=O) groups is 1. The second kappa shape index (κ2) is 9.90. The Hall–Kier alpha value is -5.05. The summed E-state index contributed by atoms with van der Waals surface area (Å²) in [7, 11) is 1.56. The number of anilines is 1. The van der Waals surface area contributed by atoms with Gasteiger partial charge in [-0.3, -0.25) is 19.1 Å². The minimum Gasteiger partial charge on any atom is -0.495 e. The van der Waals surface area contributed by atoms with Crippen LogP contribution in [0.5, 0.6) is 17.2 Å². The van der Waals surface area contributed by atoms with Crippen LogP contribution in [0.1, 0.15) is 15.9 Å². The van der Waals surface area contributed by atoms with Crippen molar-refractivity contribution in [3.05, 3.63) is 113 Å². The zero-order valence-corrected chi connectivity index (χ0v) is 19.9. The number of pyridine rings is 3. The number of fused-ring (bicyclic) bond motifs is 1. The lowest BCUT2D eigenvalue weighted by Crippen LogP contribution is -2.29. The van der Waals surface area contributed by atoms with E-state index < -0.39 is 17.3 Å². The smallest absolute Gasteiger partial charge is 0.268 e. The van der Waals surface area contributed by atoms with E-state index in [0.29, 0.717) is 45.2 Å². The van der Waals surface area contributed by atoms with E-state index in [1.165, 1.54) is 28.8 Å². The molecule has 9 heteroatoms. The maximum Gasteiger partial charge on any atom is 0.268 e. The third kappa shape index (κ3) is 4.87. The Balaban J connectivity index is 1.35. The van der Waals surface area contributed by atoms with Gasteiger partial charge in [-0.15, -0.1) is 0 Å². The lowest BCUT2D eigenvalue weighted by Gasteiger charge is -2.12. The normalized spacial score (nSPS) is 10.8. The summed E-state index contributed by atoms with van der Waals surface area (Å²) in [5, 5.41) is 2.76. The predicted octanol–water partition coefficient (Wildman–Crippen LogP) is 5.28. The molecule has 0 fully saturated rings. The number of nitrogens with zero attached hydrogens (tertiary/aromatic N) is 3. The molecule has 5 aromatic rings. The first-order valence-electron chi connectivity index (χ1n) is 11.3. The molecule has 0 radical (unpaired) electrons. The van der Waals surface area contributed by atoms with Crippen LogP contribution in [0.3, 0.4) is 0 Å². The third-order valence-electron chi connectivity index (χ3n) is 5.72. The van der Waals surface area contributed by atoms with E-state index in [1.807, 2.05) is 0 Å². The van der Waals surface area contributed by atoms with E-state index >= 15 is 0 Å². The van der Waals surface area contributed by atoms with Crippen molar-refractivity contribution >= 4 is 22.6 Å². The second-order valence-corrected chi connectivity index (χ2v) is 8.16. The second-order valence-electron chi connectivity index (χ2n) is 8.16. The van der Waals surface area contributed by atoms with Crippen LogP contribution < -0.4 is 20.3 Å². The highest BCUT2D eigenvalue weighted by molar-refractivity contribution is 6.05. The molecule has 8 nitrogen and oxygen atoms in total. The molecule has 0 unspecified atom stereocenters. The zero-order chi connectivity index (χ0) is 25.9. The summed E-state index contributed by atoms with van der Waals surface area (Å²) in [6.07, 6.45) is 4.76. The molecule has 2 aromatic carbocycles. The molecule has 0 aliphatic carbocycles. The first-order valence-corrected chi connectivity index (χ1v) is 11.3. The highest BCUT2D eigenvalue weighted by Gasteiger charge is 2.17. The number of benzene rings is 2. The summed E-state index contributed by atoms with van der Waals surface area (Å²) in [4.78, 5) is 34.8. The van der Waals surface area contributed by atoms with Crippen LogP contribution in [0, 0.1) is 12.7 Å². The maximum absolute atomic E-state index is 13.3. The molecule has 3 heterocycles. The van der Waals surface area contributed by atoms with Gasteiger partial charge in [0.05, 0.1) is 18.8 Å². The summed E-state index contributed by atoms with van der Waals surface area (Å²) in [6, 6.07) is 17.3. The van der Waals surface area contributed by atoms with Crippen LogP contribution in [0.4, 0.5) is 10.1 Å². The molecule has 3 aromatic heterocycles. The molecule has 0 saturated heterocycles. The van der Waals surface area contributed by atoms with Gasteiger partial charge in [-0.05, 0) is 67.1 Å². The molecule has 37 heavy (non-hydrogen) atoms. The number of methoxy groups -OCH3 is 1. The topological polar surface area (TPSA) is 95.3 Å². The zero-order valence-electron chi connectivity index (χ0n) is 19.9. The highest BCUT2D eigenvalue weighted by Crippen LogP contribution is 2.29. The lowest BCUT2D eigenvalue weighted by atomic mass is 10.1. The van der Waals surface area contributed by atoms with Gasteiger partial charge >= 0.3 is 0 Å². The largest absolute Gasteiger partial charge is 0.495 e. The van der Waals surface area contributed by atoms with E-state index in [4.69, 9.17) is 9.47 Å². The molecule has 1 amide bonds. The molecule has 0 saturated carbocycles. The lowest BCUT2D eigenvalue weighted by molar-refractivity contribution is 0.102. The minimum absolute atomic E-state index is 0.00286. The molecule has 1 N–H and O–H groups in total. The SMILES string of the molecule is COc1cnc2c(Oc3ccc(NC(=O)c4c(C)ccn(-c5ccc(F)cc5)c4=O)cc3)ccnc2c1. The number of halogens is 1. The Morgan fingerprint density at radius 3 is 2.46 bits per heavy atom. The number of rotatable bonds is 6. The van der Waals surface area contributed by atoms with Crippen molar-refractivity contribution in [1.82, 2.24) is 14.5 Å². The van der Waals surface area contributed by atoms with Crippen molar-refractivity contribution in [1.29, 1.82) is 0 Å². The number of amides is 1. The summed E-state index contributed by atoms with van der Waals surface area (Å²) >= 11 is 0. The number of aryl methyl sites for hydroxylation is 1. The van der Waals surface area contributed by atoms with E-state index in [0.717, 1.165) is 0 Å². The molecule has 184 valence electrons. The van der Waals surface area contributed by atoms with Crippen molar-refractivity contribution in [2.75, 3.05) is 12.4 Å². The van der Waals surface area contributed by atoms with Crippen LogP contribution in [0.25, 0.3) is 16.7 Å². The highest BCUT2D eigenvalue weighted by atomic mass is 19.1. The molecular formula is C28H21FN4O4. The van der Waals surface area contributed by atoms with Crippen molar-refractivity contribution in [3.63, 3.8) is 0 Å². The van der Waals surface area contributed by atoms with Crippen LogP contribution >= 0.6 is 0 Å². The molecule has 0 spiro atoms. The third-order valence-corrected chi connectivity index (χ3v) is 5.72. The van der Waals surface area contributed by atoms with E-state index in [-0.39, 0.29) is 5.56 Å². The Morgan fingerprint density at radius 2 is 1.73 bits per heavy atom. The van der Waals surface area contributed by atoms with Crippen molar-refractivity contribution in [2.24, 2.45) is 0 Å². The molecule has 0 bridgehead atoms. The molecular weight excluding hydrogens is 475 g/mol. The molecule has 5 rings (SSSR count). The van der Waals surface area contributed by atoms with Gasteiger partial charge in [0.25, 0.3) is 11.5 Å². The Labute approximate surface area is 211 Å². The molecule has 0 atom stereocenters. The first kappa shape index (κ1) is 23.7. The van der Waals surface area contributed by atoms with E-state index in [1.54, 1.807) is 75.1 Å². The Bertz CT molecular complexity index is 1670. The van der Waals surface area contributed by atoms with Crippen molar-refractivity contribution in [3.8, 4) is 22.9 Å². The van der Waals surface area contributed by atoms with Crippen LogP contribution in [-0.4, -0.2) is 27.6 Å². The number of ether oxygens (including phenoxy) is 2. The summed E-state index contributed by atoms with van der Waals surface area (Å²) in [5.74, 6) is 0.674. The van der Waals surface area contributed by atoms with Crippen LogP contribution in [0.2, 0.25) is 0 Å². The fourth-order valence-corrected chi connectivity index (χ4v) is 3.82. The monoisotopic (exact) mass is 496 g/mol. The summed E-state index contributed by atoms with van der Waals surface area (Å²) in [5.41, 5.74) is 2.17. The number of aromatic nitrogens is 3. The molecule has 0 aliphatic heterocycles. The number of carbonyl (C=O) groups excluding carboxylic acids is 1. The van der Waals surface area contributed by atoms with Crippen molar-refractivity contribution < 1.29 is 18.7 Å². The fraction of sp³-hybridized carbons (Fsp3) is 0.0714. The van der Waals surface area contributed by atoms with Gasteiger partial charge in [-0.25, -0.2) is 9.37 Å². The quantitative estimate of drug-likeness (QED) is 0.344. The standard InChI is InChI=1S/C28H21FN4O4/c1-17-12-14-33(20-7-3-18(29)4-8-20)28(35)25(17)27(34)32-19-5-9-21(10-6-19)37-24-11-13-30-23-15-22(36-2)16-31-26(23)24/h3-16H,1-2H3,(H,32,34). The van der Waals surface area contributed by atoms with Gasteiger partial charge in [-0.2, -0.15) is 0 Å². The number of hydrogen-bond acceptors (Lipinski definition) is 6. The average Bonchev–Trinajstić information content (AvgIpc) is 2.90. The Morgan fingerprint density at radius 1 is 0.973 bits per heavy atom.